The second kappa shape index (κ2) is 3.58. The van der Waals surface area contributed by atoms with Crippen LogP contribution in [0.25, 0.3) is 0 Å². The molecule has 0 aromatic carbocycles. The number of hydrogen-bond donors (Lipinski definition) is 1. The molecule has 1 heterocycles. The molecule has 4 nitrogen and oxygen atoms in total. The van der Waals surface area contributed by atoms with Gasteiger partial charge in [0.1, 0.15) is 6.54 Å². The first-order chi connectivity index (χ1) is 5.65. The molecule has 0 unspecified atom stereocenters. The number of nitrogens with one attached hydrogen (secondary N) is 1. The summed E-state index contributed by atoms with van der Waals surface area (Å²) in [5.41, 5.74) is 0.806. The number of hydrogen-bond acceptors (Lipinski definition) is 2. The molecule has 0 aliphatic carbocycles. The fourth-order valence-corrected chi connectivity index (χ4v) is 0.939. The fourth-order valence-electron chi connectivity index (χ4n) is 0.798. The van der Waals surface area contributed by atoms with E-state index < -0.39 is 0 Å². The Morgan fingerprint density at radius 1 is 1.83 bits per heavy atom. The molecule has 1 amide bonds. The number of amides is 1. The summed E-state index contributed by atoms with van der Waals surface area (Å²) in [5, 5.41) is 7.02. The van der Waals surface area contributed by atoms with E-state index in [4.69, 9.17) is 11.6 Å². The molecular weight excluding hydrogens is 178 g/mol. The van der Waals surface area contributed by atoms with Crippen LogP contribution in [0.1, 0.15) is 5.69 Å². The van der Waals surface area contributed by atoms with Crippen molar-refractivity contribution in [3.05, 3.63) is 16.9 Å². The first-order valence-corrected chi connectivity index (χ1v) is 3.91. The van der Waals surface area contributed by atoms with E-state index in [-0.39, 0.29) is 12.5 Å². The smallest absolute Gasteiger partial charge is 0.241 e. The molecule has 0 radical (unpaired) electrons. The summed E-state index contributed by atoms with van der Waals surface area (Å²) < 4.78 is 1.56. The van der Waals surface area contributed by atoms with Crippen molar-refractivity contribution in [3.63, 3.8) is 0 Å². The summed E-state index contributed by atoms with van der Waals surface area (Å²) in [5.74, 6) is -0.0853. The Bertz CT molecular complexity index is 295. The first kappa shape index (κ1) is 9.06. The molecule has 0 aliphatic rings. The standard InChI is InChI=1S/C7H10ClN3O/c1-5-6(8)3-10-11(5)4-7(12)9-2/h3H,4H2,1-2H3,(H,9,12). The largest absolute Gasteiger partial charge is 0.358 e. The summed E-state index contributed by atoms with van der Waals surface area (Å²) >= 11 is 5.74. The Labute approximate surface area is 75.5 Å². The Hall–Kier alpha value is -1.03. The van der Waals surface area contributed by atoms with Gasteiger partial charge in [0.2, 0.25) is 5.91 Å². The molecule has 0 spiro atoms. The third-order valence-corrected chi connectivity index (χ3v) is 1.99. The Balaban J connectivity index is 2.76. The van der Waals surface area contributed by atoms with Crippen molar-refractivity contribution >= 4 is 17.5 Å². The minimum atomic E-state index is -0.0853. The molecule has 1 aromatic heterocycles. The number of halogens is 1. The molecule has 0 atom stereocenters. The molecule has 0 saturated heterocycles. The number of carbonyl (C=O) groups excluding carboxylic acids is 1. The van der Waals surface area contributed by atoms with E-state index >= 15 is 0 Å². The van der Waals surface area contributed by atoms with Gasteiger partial charge in [0, 0.05) is 7.05 Å². The maximum absolute atomic E-state index is 10.9. The SMILES string of the molecule is CNC(=O)Cn1ncc(Cl)c1C. The maximum Gasteiger partial charge on any atom is 0.241 e. The lowest BCUT2D eigenvalue weighted by Gasteiger charge is -2.01. The average Bonchev–Trinajstić information content (AvgIpc) is 2.36. The molecule has 1 aromatic rings. The van der Waals surface area contributed by atoms with E-state index in [1.807, 2.05) is 6.92 Å². The summed E-state index contributed by atoms with van der Waals surface area (Å²) in [4.78, 5) is 10.9. The molecule has 1 rings (SSSR count). The zero-order valence-corrected chi connectivity index (χ0v) is 7.72. The van der Waals surface area contributed by atoms with Crippen molar-refractivity contribution < 1.29 is 4.79 Å². The van der Waals surface area contributed by atoms with Crippen molar-refractivity contribution in [2.24, 2.45) is 0 Å². The lowest BCUT2D eigenvalue weighted by atomic mass is 10.4. The van der Waals surface area contributed by atoms with Gasteiger partial charge < -0.3 is 5.32 Å². The summed E-state index contributed by atoms with van der Waals surface area (Å²) in [6, 6.07) is 0. The molecular formula is C7H10ClN3O. The van der Waals surface area contributed by atoms with Crippen LogP contribution in [0.15, 0.2) is 6.20 Å². The van der Waals surface area contributed by atoms with E-state index in [0.29, 0.717) is 5.02 Å². The van der Waals surface area contributed by atoms with Gasteiger partial charge in [0.05, 0.1) is 16.9 Å². The van der Waals surface area contributed by atoms with Crippen LogP contribution in [-0.4, -0.2) is 22.7 Å². The summed E-state index contributed by atoms with van der Waals surface area (Å²) in [7, 11) is 1.59. The van der Waals surface area contributed by atoms with E-state index in [1.165, 1.54) is 6.20 Å². The fraction of sp³-hybridized carbons (Fsp3) is 0.429. The molecule has 66 valence electrons. The van der Waals surface area contributed by atoms with Crippen molar-refractivity contribution in [2.45, 2.75) is 13.5 Å². The first-order valence-electron chi connectivity index (χ1n) is 3.53. The van der Waals surface area contributed by atoms with E-state index in [9.17, 15) is 4.79 Å². The third kappa shape index (κ3) is 1.76. The van der Waals surface area contributed by atoms with Crippen LogP contribution in [0.4, 0.5) is 0 Å². The maximum atomic E-state index is 10.9. The topological polar surface area (TPSA) is 46.9 Å². The van der Waals surface area contributed by atoms with Crippen LogP contribution in [0, 0.1) is 6.92 Å². The highest BCUT2D eigenvalue weighted by molar-refractivity contribution is 6.31. The van der Waals surface area contributed by atoms with E-state index in [0.717, 1.165) is 5.69 Å². The summed E-state index contributed by atoms with van der Waals surface area (Å²) in [6.45, 7) is 2.04. The molecule has 12 heavy (non-hydrogen) atoms. The molecule has 1 N–H and O–H groups in total. The van der Waals surface area contributed by atoms with Gasteiger partial charge in [-0.05, 0) is 6.92 Å². The lowest BCUT2D eigenvalue weighted by molar-refractivity contribution is -0.121. The van der Waals surface area contributed by atoms with Crippen LogP contribution in [0.3, 0.4) is 0 Å². The minimum absolute atomic E-state index is 0.0853. The number of likely N-dealkylation sites (N-methyl/N-ethyl adjacent to an activating group) is 1. The van der Waals surface area contributed by atoms with Gasteiger partial charge in [-0.1, -0.05) is 11.6 Å². The minimum Gasteiger partial charge on any atom is -0.358 e. The van der Waals surface area contributed by atoms with Crippen molar-refractivity contribution in [1.82, 2.24) is 15.1 Å². The third-order valence-electron chi connectivity index (χ3n) is 1.62. The van der Waals surface area contributed by atoms with Gasteiger partial charge in [-0.3, -0.25) is 9.48 Å². The van der Waals surface area contributed by atoms with Gasteiger partial charge in [0.15, 0.2) is 0 Å². The molecule has 0 saturated carbocycles. The highest BCUT2D eigenvalue weighted by Gasteiger charge is 2.06. The Morgan fingerprint density at radius 3 is 2.92 bits per heavy atom. The quantitative estimate of drug-likeness (QED) is 0.737. The normalized spacial score (nSPS) is 9.92. The monoisotopic (exact) mass is 187 g/mol. The van der Waals surface area contributed by atoms with E-state index in [1.54, 1.807) is 11.7 Å². The second-order valence-corrected chi connectivity index (χ2v) is 2.82. The van der Waals surface area contributed by atoms with Crippen molar-refractivity contribution in [1.29, 1.82) is 0 Å². The van der Waals surface area contributed by atoms with Gasteiger partial charge in [-0.25, -0.2) is 0 Å². The van der Waals surface area contributed by atoms with Crippen LogP contribution < -0.4 is 5.32 Å². The van der Waals surface area contributed by atoms with Gasteiger partial charge in [-0.2, -0.15) is 5.10 Å². The highest BCUT2D eigenvalue weighted by atomic mass is 35.5. The molecule has 0 bridgehead atoms. The number of rotatable bonds is 2. The van der Waals surface area contributed by atoms with Gasteiger partial charge >= 0.3 is 0 Å². The average molecular weight is 188 g/mol. The molecule has 0 fully saturated rings. The molecule has 0 aliphatic heterocycles. The van der Waals surface area contributed by atoms with Crippen molar-refractivity contribution in [2.75, 3.05) is 7.05 Å². The predicted molar refractivity (Wildman–Crippen MR) is 46.0 cm³/mol. The van der Waals surface area contributed by atoms with Crippen LogP contribution >= 0.6 is 11.6 Å². The number of nitrogens with zero attached hydrogens (tertiary/aromatic N) is 2. The van der Waals surface area contributed by atoms with Crippen LogP contribution in [-0.2, 0) is 11.3 Å². The Morgan fingerprint density at radius 2 is 2.50 bits per heavy atom. The Kier molecular flexibility index (Phi) is 2.70. The number of carbonyl (C=O) groups is 1. The molecule has 5 heteroatoms. The van der Waals surface area contributed by atoms with Crippen LogP contribution in [0.2, 0.25) is 5.02 Å². The lowest BCUT2D eigenvalue weighted by Crippen LogP contribution is -2.24. The zero-order chi connectivity index (χ0) is 9.14. The highest BCUT2D eigenvalue weighted by Crippen LogP contribution is 2.12. The van der Waals surface area contributed by atoms with Gasteiger partial charge in [0.25, 0.3) is 0 Å². The summed E-state index contributed by atoms with van der Waals surface area (Å²) in [6.07, 6.45) is 1.53. The van der Waals surface area contributed by atoms with E-state index in [2.05, 4.69) is 10.4 Å². The second-order valence-electron chi connectivity index (χ2n) is 2.41. The van der Waals surface area contributed by atoms with Crippen molar-refractivity contribution in [3.8, 4) is 0 Å². The number of aromatic nitrogens is 2. The zero-order valence-electron chi connectivity index (χ0n) is 6.97. The van der Waals surface area contributed by atoms with Gasteiger partial charge in [-0.15, -0.1) is 0 Å². The predicted octanol–water partition coefficient (Wildman–Crippen LogP) is 0.591. The van der Waals surface area contributed by atoms with Crippen LogP contribution in [0.5, 0.6) is 0 Å².